The molecule has 0 radical (unpaired) electrons. The van der Waals surface area contributed by atoms with Crippen LogP contribution in [-0.4, -0.2) is 18.5 Å². The molecule has 24 heavy (non-hydrogen) atoms. The van der Waals surface area contributed by atoms with Crippen molar-refractivity contribution < 1.29 is 14.3 Å². The number of esters is 1. The SMILES string of the molecule is CCOc1ccc(C=C2N=C(C=Cc3ccccc3)OC2=O)cc1. The lowest BCUT2D eigenvalue weighted by molar-refractivity contribution is -0.129. The first-order chi connectivity index (χ1) is 11.7. The van der Waals surface area contributed by atoms with E-state index in [1.54, 1.807) is 12.2 Å². The third-order valence-electron chi connectivity index (χ3n) is 3.35. The van der Waals surface area contributed by atoms with Crippen molar-refractivity contribution in [3.63, 3.8) is 0 Å². The van der Waals surface area contributed by atoms with Crippen molar-refractivity contribution >= 4 is 24.0 Å². The van der Waals surface area contributed by atoms with Crippen LogP contribution in [0.15, 0.2) is 71.4 Å². The van der Waals surface area contributed by atoms with E-state index in [2.05, 4.69) is 4.99 Å². The van der Waals surface area contributed by atoms with Gasteiger partial charge in [0.05, 0.1) is 6.61 Å². The molecule has 0 aromatic heterocycles. The Morgan fingerprint density at radius 3 is 2.46 bits per heavy atom. The summed E-state index contributed by atoms with van der Waals surface area (Å²) in [6.45, 7) is 2.55. The fraction of sp³-hybridized carbons (Fsp3) is 0.100. The van der Waals surface area contributed by atoms with Gasteiger partial charge in [0.25, 0.3) is 0 Å². The van der Waals surface area contributed by atoms with Crippen LogP contribution in [0.1, 0.15) is 18.1 Å². The highest BCUT2D eigenvalue weighted by Crippen LogP contribution is 2.19. The van der Waals surface area contributed by atoms with E-state index in [1.807, 2.05) is 67.6 Å². The second kappa shape index (κ2) is 7.42. The van der Waals surface area contributed by atoms with Crippen LogP contribution in [-0.2, 0) is 9.53 Å². The van der Waals surface area contributed by atoms with E-state index in [4.69, 9.17) is 9.47 Å². The molecule has 0 saturated carbocycles. The third-order valence-corrected chi connectivity index (χ3v) is 3.35. The Bertz CT molecular complexity index is 803. The standard InChI is InChI=1S/C20H17NO3/c1-2-23-17-11-8-16(9-12-17)14-18-20(22)24-19(21-18)13-10-15-6-4-3-5-7-15/h3-14H,2H2,1H3. The zero-order chi connectivity index (χ0) is 16.8. The summed E-state index contributed by atoms with van der Waals surface area (Å²) >= 11 is 0. The molecule has 3 rings (SSSR count). The van der Waals surface area contributed by atoms with E-state index in [9.17, 15) is 4.79 Å². The van der Waals surface area contributed by atoms with Gasteiger partial charge in [-0.05, 0) is 42.3 Å². The summed E-state index contributed by atoms with van der Waals surface area (Å²) in [5, 5.41) is 0. The number of carbonyl (C=O) groups is 1. The summed E-state index contributed by atoms with van der Waals surface area (Å²) in [4.78, 5) is 16.1. The van der Waals surface area contributed by atoms with Crippen molar-refractivity contribution in [2.75, 3.05) is 6.61 Å². The van der Waals surface area contributed by atoms with E-state index in [0.29, 0.717) is 12.5 Å². The van der Waals surface area contributed by atoms with E-state index in [-0.39, 0.29) is 5.70 Å². The van der Waals surface area contributed by atoms with Gasteiger partial charge in [-0.1, -0.05) is 42.5 Å². The Kier molecular flexibility index (Phi) is 4.87. The Morgan fingerprint density at radius 1 is 1.00 bits per heavy atom. The Hall–Kier alpha value is -3.14. The number of hydrogen-bond donors (Lipinski definition) is 0. The van der Waals surface area contributed by atoms with E-state index in [0.717, 1.165) is 16.9 Å². The fourth-order valence-corrected chi connectivity index (χ4v) is 2.21. The highest BCUT2D eigenvalue weighted by Gasteiger charge is 2.20. The Morgan fingerprint density at radius 2 is 1.75 bits per heavy atom. The molecule has 1 aliphatic rings. The fourth-order valence-electron chi connectivity index (χ4n) is 2.21. The first kappa shape index (κ1) is 15.7. The largest absolute Gasteiger partial charge is 0.494 e. The summed E-state index contributed by atoms with van der Waals surface area (Å²) in [6.07, 6.45) is 5.24. The van der Waals surface area contributed by atoms with Crippen molar-refractivity contribution in [1.82, 2.24) is 0 Å². The molecule has 0 spiro atoms. The van der Waals surface area contributed by atoms with Gasteiger partial charge < -0.3 is 9.47 Å². The molecule has 0 bridgehead atoms. The van der Waals surface area contributed by atoms with Gasteiger partial charge in [-0.2, -0.15) is 0 Å². The van der Waals surface area contributed by atoms with Crippen LogP contribution in [0.5, 0.6) is 5.75 Å². The monoisotopic (exact) mass is 319 g/mol. The first-order valence-corrected chi connectivity index (χ1v) is 7.73. The molecule has 0 fully saturated rings. The number of rotatable bonds is 5. The van der Waals surface area contributed by atoms with Crippen LogP contribution in [0, 0.1) is 0 Å². The summed E-state index contributed by atoms with van der Waals surface area (Å²) in [6, 6.07) is 17.2. The Balaban J connectivity index is 1.74. The molecule has 1 aliphatic heterocycles. The number of carbonyl (C=O) groups excluding carboxylic acids is 1. The summed E-state index contributed by atoms with van der Waals surface area (Å²) in [5.74, 6) is 0.640. The molecular formula is C20H17NO3. The van der Waals surface area contributed by atoms with Gasteiger partial charge in [0, 0.05) is 6.08 Å². The maximum atomic E-state index is 11.9. The van der Waals surface area contributed by atoms with Gasteiger partial charge in [0.1, 0.15) is 5.75 Å². The molecule has 0 unspecified atom stereocenters. The minimum atomic E-state index is -0.448. The minimum absolute atomic E-state index is 0.284. The number of nitrogens with zero attached hydrogens (tertiary/aromatic N) is 1. The van der Waals surface area contributed by atoms with Gasteiger partial charge in [0.2, 0.25) is 5.90 Å². The lowest BCUT2D eigenvalue weighted by Gasteiger charge is -2.02. The number of aliphatic imine (C=N–C) groups is 1. The lowest BCUT2D eigenvalue weighted by Crippen LogP contribution is -2.01. The van der Waals surface area contributed by atoms with Crippen molar-refractivity contribution in [1.29, 1.82) is 0 Å². The van der Waals surface area contributed by atoms with E-state index >= 15 is 0 Å². The molecular weight excluding hydrogens is 302 g/mol. The van der Waals surface area contributed by atoms with Gasteiger partial charge in [-0.15, -0.1) is 0 Å². The smallest absolute Gasteiger partial charge is 0.363 e. The summed E-state index contributed by atoms with van der Waals surface area (Å²) in [7, 11) is 0. The Labute approximate surface area is 140 Å². The molecule has 0 N–H and O–H groups in total. The quantitative estimate of drug-likeness (QED) is 0.616. The molecule has 120 valence electrons. The lowest BCUT2D eigenvalue weighted by atomic mass is 10.2. The molecule has 4 nitrogen and oxygen atoms in total. The third kappa shape index (κ3) is 3.98. The second-order valence-electron chi connectivity index (χ2n) is 5.12. The van der Waals surface area contributed by atoms with Crippen LogP contribution < -0.4 is 4.74 Å². The van der Waals surface area contributed by atoms with Gasteiger partial charge in [0.15, 0.2) is 5.70 Å². The molecule has 2 aromatic rings. The maximum Gasteiger partial charge on any atom is 0.363 e. The van der Waals surface area contributed by atoms with Crippen LogP contribution in [0.2, 0.25) is 0 Å². The van der Waals surface area contributed by atoms with Crippen LogP contribution in [0.3, 0.4) is 0 Å². The topological polar surface area (TPSA) is 47.9 Å². The predicted molar refractivity (Wildman–Crippen MR) is 94.6 cm³/mol. The number of cyclic esters (lactones) is 1. The first-order valence-electron chi connectivity index (χ1n) is 7.73. The van der Waals surface area contributed by atoms with Crippen LogP contribution in [0.4, 0.5) is 0 Å². The van der Waals surface area contributed by atoms with E-state index < -0.39 is 5.97 Å². The highest BCUT2D eigenvalue weighted by atomic mass is 16.6. The van der Waals surface area contributed by atoms with Crippen LogP contribution >= 0.6 is 0 Å². The number of hydrogen-bond acceptors (Lipinski definition) is 4. The molecule has 0 saturated heterocycles. The van der Waals surface area contributed by atoms with Gasteiger partial charge in [-0.3, -0.25) is 0 Å². The van der Waals surface area contributed by atoms with Gasteiger partial charge in [-0.25, -0.2) is 9.79 Å². The summed E-state index contributed by atoms with van der Waals surface area (Å²) < 4.78 is 10.6. The minimum Gasteiger partial charge on any atom is -0.494 e. The average Bonchev–Trinajstić information content (AvgIpc) is 2.96. The molecule has 4 heteroatoms. The van der Waals surface area contributed by atoms with Crippen molar-refractivity contribution in [3.05, 3.63) is 77.5 Å². The highest BCUT2D eigenvalue weighted by molar-refractivity contribution is 6.11. The zero-order valence-corrected chi connectivity index (χ0v) is 13.3. The van der Waals surface area contributed by atoms with E-state index in [1.165, 1.54) is 0 Å². The molecule has 0 amide bonds. The number of benzene rings is 2. The van der Waals surface area contributed by atoms with Crippen molar-refractivity contribution in [3.8, 4) is 5.75 Å². The van der Waals surface area contributed by atoms with Crippen molar-refractivity contribution in [2.24, 2.45) is 4.99 Å². The molecule has 1 heterocycles. The zero-order valence-electron chi connectivity index (χ0n) is 13.3. The number of ether oxygens (including phenoxy) is 2. The molecule has 0 atom stereocenters. The summed E-state index contributed by atoms with van der Waals surface area (Å²) in [5.41, 5.74) is 2.16. The molecule has 2 aromatic carbocycles. The predicted octanol–water partition coefficient (Wildman–Crippen LogP) is 4.09. The van der Waals surface area contributed by atoms with Crippen molar-refractivity contribution in [2.45, 2.75) is 6.92 Å². The van der Waals surface area contributed by atoms with Gasteiger partial charge >= 0.3 is 5.97 Å². The maximum absolute atomic E-state index is 11.9. The van der Waals surface area contributed by atoms with Crippen LogP contribution in [0.25, 0.3) is 12.2 Å². The second-order valence-corrected chi connectivity index (χ2v) is 5.12. The average molecular weight is 319 g/mol. The molecule has 0 aliphatic carbocycles. The normalized spacial score (nSPS) is 15.6.